The summed E-state index contributed by atoms with van der Waals surface area (Å²) in [5.74, 6) is -1.46. The van der Waals surface area contributed by atoms with Crippen LogP contribution in [0.2, 0.25) is 0 Å². The first-order valence-corrected chi connectivity index (χ1v) is 7.87. The number of unbranched alkanes of at least 4 members (excludes halogenated alkanes) is 2. The van der Waals surface area contributed by atoms with Crippen molar-refractivity contribution < 1.29 is 23.8 Å². The molecule has 0 aliphatic rings. The van der Waals surface area contributed by atoms with Crippen molar-refractivity contribution in [1.29, 1.82) is 0 Å². The predicted molar refractivity (Wildman–Crippen MR) is 67.0 cm³/mol. The van der Waals surface area contributed by atoms with E-state index in [9.17, 15) is 14.8 Å². The minimum absolute atomic E-state index is 0.177. The molecule has 0 saturated heterocycles. The van der Waals surface area contributed by atoms with Gasteiger partial charge in [-0.05, 0) is 20.3 Å². The van der Waals surface area contributed by atoms with E-state index in [2.05, 4.69) is 0 Å². The quantitative estimate of drug-likeness (QED) is 0.470. The number of hydrogen-bond acceptors (Lipinski definition) is 5. The molecule has 0 unspecified atom stereocenters. The minimum Gasteiger partial charge on any atom is -0.390 e. The van der Waals surface area contributed by atoms with E-state index in [0.717, 1.165) is 19.3 Å². The van der Waals surface area contributed by atoms with Crippen LogP contribution in [0.1, 0.15) is 46.5 Å². The summed E-state index contributed by atoms with van der Waals surface area (Å²) >= 11 is 0. The van der Waals surface area contributed by atoms with Gasteiger partial charge in [0.05, 0.1) is 19.3 Å². The summed E-state index contributed by atoms with van der Waals surface area (Å²) in [6.07, 6.45) is 2.12. The van der Waals surface area contributed by atoms with Gasteiger partial charge in [0.1, 0.15) is 0 Å². The van der Waals surface area contributed by atoms with Crippen molar-refractivity contribution in [3.63, 3.8) is 0 Å². The van der Waals surface area contributed by atoms with Gasteiger partial charge in [0.2, 0.25) is 0 Å². The van der Waals surface area contributed by atoms with Gasteiger partial charge in [0, 0.05) is 0 Å². The standard InChI is InChI=1S/C11H25O5P/c1-4-7-8-9-10(12)11(13)17(14,15-5-2)16-6-3/h10-13H,4-9H2,1-3H3/t10-,11-/m0/s1. The van der Waals surface area contributed by atoms with Gasteiger partial charge in [-0.1, -0.05) is 26.2 Å². The minimum atomic E-state index is -3.61. The molecule has 17 heavy (non-hydrogen) atoms. The highest BCUT2D eigenvalue weighted by Gasteiger charge is 2.38. The van der Waals surface area contributed by atoms with Crippen molar-refractivity contribution in [2.45, 2.75) is 58.4 Å². The van der Waals surface area contributed by atoms with Crippen molar-refractivity contribution in [2.24, 2.45) is 0 Å². The third kappa shape index (κ3) is 5.98. The fourth-order valence-corrected chi connectivity index (χ4v) is 3.18. The van der Waals surface area contributed by atoms with Crippen molar-refractivity contribution >= 4 is 7.60 Å². The summed E-state index contributed by atoms with van der Waals surface area (Å²) in [7, 11) is -3.61. The van der Waals surface area contributed by atoms with Gasteiger partial charge in [-0.15, -0.1) is 0 Å². The van der Waals surface area contributed by atoms with Crippen LogP contribution in [0.5, 0.6) is 0 Å². The molecule has 0 amide bonds. The Morgan fingerprint density at radius 1 is 1.06 bits per heavy atom. The summed E-state index contributed by atoms with van der Waals surface area (Å²) in [4.78, 5) is 0. The molecular weight excluding hydrogens is 243 g/mol. The highest BCUT2D eigenvalue weighted by molar-refractivity contribution is 7.54. The zero-order valence-electron chi connectivity index (χ0n) is 11.0. The smallest absolute Gasteiger partial charge is 0.361 e. The van der Waals surface area contributed by atoms with Gasteiger partial charge >= 0.3 is 7.60 Å². The van der Waals surface area contributed by atoms with Crippen LogP contribution in [0.25, 0.3) is 0 Å². The highest BCUT2D eigenvalue weighted by atomic mass is 31.2. The van der Waals surface area contributed by atoms with Crippen LogP contribution in [0, 0.1) is 0 Å². The molecule has 0 aliphatic carbocycles. The number of hydrogen-bond donors (Lipinski definition) is 2. The van der Waals surface area contributed by atoms with E-state index < -0.39 is 19.5 Å². The zero-order chi connectivity index (χ0) is 13.3. The highest BCUT2D eigenvalue weighted by Crippen LogP contribution is 2.53. The molecule has 0 bridgehead atoms. The van der Waals surface area contributed by atoms with Gasteiger partial charge in [-0.2, -0.15) is 0 Å². The normalized spacial score (nSPS) is 15.8. The Morgan fingerprint density at radius 3 is 2.00 bits per heavy atom. The molecule has 0 aromatic carbocycles. The van der Waals surface area contributed by atoms with E-state index in [1.54, 1.807) is 13.8 Å². The van der Waals surface area contributed by atoms with Crippen LogP contribution in [0.15, 0.2) is 0 Å². The van der Waals surface area contributed by atoms with Crippen LogP contribution < -0.4 is 0 Å². The van der Waals surface area contributed by atoms with Gasteiger partial charge in [0.25, 0.3) is 0 Å². The van der Waals surface area contributed by atoms with E-state index >= 15 is 0 Å². The first-order valence-electron chi connectivity index (χ1n) is 6.26. The van der Waals surface area contributed by atoms with Crippen LogP contribution in [-0.2, 0) is 13.6 Å². The van der Waals surface area contributed by atoms with Crippen LogP contribution in [0.4, 0.5) is 0 Å². The van der Waals surface area contributed by atoms with Crippen molar-refractivity contribution in [1.82, 2.24) is 0 Å². The molecule has 5 nitrogen and oxygen atoms in total. The molecule has 2 atom stereocenters. The monoisotopic (exact) mass is 268 g/mol. The Labute approximate surface area is 104 Å². The molecule has 0 heterocycles. The Kier molecular flexibility index (Phi) is 9.10. The van der Waals surface area contributed by atoms with E-state index in [1.165, 1.54) is 0 Å². The van der Waals surface area contributed by atoms with Crippen LogP contribution in [-0.4, -0.2) is 35.4 Å². The number of rotatable bonds is 10. The van der Waals surface area contributed by atoms with E-state index in [-0.39, 0.29) is 13.2 Å². The van der Waals surface area contributed by atoms with Gasteiger partial charge < -0.3 is 19.3 Å². The lowest BCUT2D eigenvalue weighted by atomic mass is 10.1. The summed E-state index contributed by atoms with van der Waals surface area (Å²) in [6.45, 7) is 5.74. The lowest BCUT2D eigenvalue weighted by molar-refractivity contribution is 0.0346. The van der Waals surface area contributed by atoms with Gasteiger partial charge in [0.15, 0.2) is 5.85 Å². The van der Waals surface area contributed by atoms with Crippen molar-refractivity contribution in [2.75, 3.05) is 13.2 Å². The second-order valence-electron chi connectivity index (χ2n) is 3.85. The summed E-state index contributed by atoms with van der Waals surface area (Å²) < 4.78 is 22.1. The van der Waals surface area contributed by atoms with Gasteiger partial charge in [-0.25, -0.2) is 0 Å². The lowest BCUT2D eigenvalue weighted by Gasteiger charge is -2.25. The molecule has 0 aliphatic heterocycles. The first-order chi connectivity index (χ1) is 8.01. The maximum Gasteiger partial charge on any atom is 0.361 e. The second kappa shape index (κ2) is 9.06. The molecule has 0 aromatic heterocycles. The maximum absolute atomic E-state index is 12.1. The second-order valence-corrected chi connectivity index (χ2v) is 5.98. The molecule has 0 saturated carbocycles. The van der Waals surface area contributed by atoms with Crippen molar-refractivity contribution in [3.8, 4) is 0 Å². The maximum atomic E-state index is 12.1. The van der Waals surface area contributed by atoms with E-state index in [4.69, 9.17) is 9.05 Å². The van der Waals surface area contributed by atoms with Crippen LogP contribution in [0.3, 0.4) is 0 Å². The van der Waals surface area contributed by atoms with E-state index in [1.807, 2.05) is 6.92 Å². The summed E-state index contributed by atoms with van der Waals surface area (Å²) in [5.41, 5.74) is 0. The van der Waals surface area contributed by atoms with Crippen molar-refractivity contribution in [3.05, 3.63) is 0 Å². The average Bonchev–Trinajstić information content (AvgIpc) is 2.29. The van der Waals surface area contributed by atoms with Gasteiger partial charge in [-0.3, -0.25) is 4.57 Å². The molecule has 2 N–H and O–H groups in total. The molecular formula is C11H25O5P. The Hall–Kier alpha value is 0.0700. The molecule has 0 fully saturated rings. The van der Waals surface area contributed by atoms with Crippen LogP contribution >= 0.6 is 7.60 Å². The molecule has 0 radical (unpaired) electrons. The fraction of sp³-hybridized carbons (Fsp3) is 1.00. The SMILES string of the molecule is CCCCC[C@H](O)[C@@H](O)P(=O)(OCC)OCC. The summed E-state index contributed by atoms with van der Waals surface area (Å²) in [5, 5.41) is 19.6. The number of aliphatic hydroxyl groups is 2. The molecule has 6 heteroatoms. The topological polar surface area (TPSA) is 76.0 Å². The molecule has 0 rings (SSSR count). The third-order valence-electron chi connectivity index (χ3n) is 2.39. The average molecular weight is 268 g/mol. The third-order valence-corrected chi connectivity index (χ3v) is 4.62. The zero-order valence-corrected chi connectivity index (χ0v) is 11.9. The van der Waals surface area contributed by atoms with E-state index in [0.29, 0.717) is 6.42 Å². The molecule has 0 spiro atoms. The first kappa shape index (κ1) is 17.1. The fourth-order valence-electron chi connectivity index (χ4n) is 1.51. The Balaban J connectivity index is 4.38. The lowest BCUT2D eigenvalue weighted by Crippen LogP contribution is -2.27. The molecule has 0 aromatic rings. The largest absolute Gasteiger partial charge is 0.390 e. The molecule has 104 valence electrons. The number of aliphatic hydroxyl groups excluding tert-OH is 2. The Morgan fingerprint density at radius 2 is 1.59 bits per heavy atom. The predicted octanol–water partition coefficient (Wildman–Crippen LogP) is 2.51. The summed E-state index contributed by atoms with van der Waals surface area (Å²) in [6, 6.07) is 0. The Bertz CT molecular complexity index is 224.